The van der Waals surface area contributed by atoms with E-state index in [1.165, 1.54) is 38.5 Å². The lowest BCUT2D eigenvalue weighted by atomic mass is 10.1. The highest BCUT2D eigenvalue weighted by Gasteiger charge is 2.21. The lowest BCUT2D eigenvalue weighted by Gasteiger charge is -2.17. The third-order valence-corrected chi connectivity index (χ3v) is 4.03. The summed E-state index contributed by atoms with van der Waals surface area (Å²) in [6, 6.07) is 7.12. The monoisotopic (exact) mass is 335 g/mol. The van der Waals surface area contributed by atoms with Gasteiger partial charge in [-0.1, -0.05) is 51.9 Å². The third kappa shape index (κ3) is 8.80. The molecule has 1 atom stereocenters. The Morgan fingerprint density at radius 2 is 1.54 bits per heavy atom. The maximum atomic E-state index is 12.1. The van der Waals surface area contributed by atoms with Gasteiger partial charge in [-0.3, -0.25) is 0 Å². The average molecular weight is 335 g/mol. The van der Waals surface area contributed by atoms with Crippen LogP contribution < -0.4 is 10.5 Å². The molecular weight excluding hydrogens is 302 g/mol. The molecule has 0 radical (unpaired) electrons. The number of nitrogen functional groups attached to an aromatic ring is 1. The average Bonchev–Trinajstić information content (AvgIpc) is 2.58. The van der Waals surface area contributed by atoms with E-state index in [2.05, 4.69) is 6.92 Å². The molecular formula is C20H33NO3. The standard InChI is InChI=1S/C20H33NO3/c1-3-5-6-7-8-9-10-11-12-19(20(22)23-4-2)24-18-15-13-17(21)14-16-18/h13-16,19H,3-12,21H2,1-2H3. The van der Waals surface area contributed by atoms with Crippen molar-refractivity contribution in [1.82, 2.24) is 0 Å². The number of carbonyl (C=O) groups excluding carboxylic acids is 1. The van der Waals surface area contributed by atoms with Gasteiger partial charge in [0.25, 0.3) is 0 Å². The highest BCUT2D eigenvalue weighted by atomic mass is 16.6. The Balaban J connectivity index is 2.34. The van der Waals surface area contributed by atoms with Crippen LogP contribution in [0.15, 0.2) is 24.3 Å². The first-order chi connectivity index (χ1) is 11.7. The fourth-order valence-corrected chi connectivity index (χ4v) is 2.63. The van der Waals surface area contributed by atoms with E-state index in [1.807, 2.05) is 6.92 Å². The Kier molecular flexibility index (Phi) is 10.7. The maximum Gasteiger partial charge on any atom is 0.347 e. The zero-order chi connectivity index (χ0) is 17.6. The molecule has 0 amide bonds. The summed E-state index contributed by atoms with van der Waals surface area (Å²) < 4.78 is 10.9. The van der Waals surface area contributed by atoms with Crippen molar-refractivity contribution < 1.29 is 14.3 Å². The second-order valence-corrected chi connectivity index (χ2v) is 6.19. The lowest BCUT2D eigenvalue weighted by molar-refractivity contribution is -0.151. The number of esters is 1. The Morgan fingerprint density at radius 3 is 2.12 bits per heavy atom. The van der Waals surface area contributed by atoms with Gasteiger partial charge >= 0.3 is 5.97 Å². The molecule has 0 spiro atoms. The summed E-state index contributed by atoms with van der Waals surface area (Å²) in [5, 5.41) is 0. The van der Waals surface area contributed by atoms with Gasteiger partial charge in [0.2, 0.25) is 0 Å². The number of hydrogen-bond donors (Lipinski definition) is 1. The molecule has 0 aliphatic heterocycles. The van der Waals surface area contributed by atoms with Crippen molar-refractivity contribution in [3.8, 4) is 5.75 Å². The zero-order valence-electron chi connectivity index (χ0n) is 15.3. The molecule has 0 aliphatic carbocycles. The second kappa shape index (κ2) is 12.7. The molecule has 136 valence electrons. The van der Waals surface area contributed by atoms with Gasteiger partial charge in [0.05, 0.1) is 6.61 Å². The van der Waals surface area contributed by atoms with Crippen molar-refractivity contribution in [2.45, 2.75) is 77.7 Å². The minimum absolute atomic E-state index is 0.280. The summed E-state index contributed by atoms with van der Waals surface area (Å²) in [4.78, 5) is 12.1. The predicted molar refractivity (Wildman–Crippen MR) is 99.1 cm³/mol. The number of carbonyl (C=O) groups is 1. The molecule has 0 bridgehead atoms. The van der Waals surface area contributed by atoms with Gasteiger partial charge < -0.3 is 15.2 Å². The van der Waals surface area contributed by atoms with Crippen molar-refractivity contribution >= 4 is 11.7 Å². The van der Waals surface area contributed by atoms with Crippen LogP contribution in [-0.2, 0) is 9.53 Å². The van der Waals surface area contributed by atoms with Crippen LogP contribution >= 0.6 is 0 Å². The maximum absolute atomic E-state index is 12.1. The Morgan fingerprint density at radius 1 is 0.958 bits per heavy atom. The largest absolute Gasteiger partial charge is 0.479 e. The summed E-state index contributed by atoms with van der Waals surface area (Å²) in [5.41, 5.74) is 6.35. The van der Waals surface area contributed by atoms with Gasteiger partial charge in [0, 0.05) is 5.69 Å². The molecule has 24 heavy (non-hydrogen) atoms. The number of ether oxygens (including phenoxy) is 2. The molecule has 0 saturated carbocycles. The normalized spacial score (nSPS) is 11.9. The molecule has 1 rings (SSSR count). The minimum Gasteiger partial charge on any atom is -0.479 e. The quantitative estimate of drug-likeness (QED) is 0.309. The number of hydrogen-bond acceptors (Lipinski definition) is 4. The number of unbranched alkanes of at least 4 members (excludes halogenated alkanes) is 7. The summed E-state index contributed by atoms with van der Waals surface area (Å²) >= 11 is 0. The van der Waals surface area contributed by atoms with Gasteiger partial charge in [-0.05, 0) is 44.0 Å². The lowest BCUT2D eigenvalue weighted by Crippen LogP contribution is -2.29. The van der Waals surface area contributed by atoms with Crippen molar-refractivity contribution in [2.24, 2.45) is 0 Å². The van der Waals surface area contributed by atoms with Crippen LogP contribution in [0.3, 0.4) is 0 Å². The molecule has 1 unspecified atom stereocenters. The molecule has 4 nitrogen and oxygen atoms in total. The van der Waals surface area contributed by atoms with Gasteiger partial charge in [-0.2, -0.15) is 0 Å². The smallest absolute Gasteiger partial charge is 0.347 e. The van der Waals surface area contributed by atoms with Crippen molar-refractivity contribution in [3.05, 3.63) is 24.3 Å². The Bertz CT molecular complexity index is 445. The van der Waals surface area contributed by atoms with Crippen LogP contribution in [0.5, 0.6) is 5.75 Å². The molecule has 1 aromatic carbocycles. The fraction of sp³-hybridized carbons (Fsp3) is 0.650. The summed E-state index contributed by atoms with van der Waals surface area (Å²) in [6.07, 6.45) is 10.0. The molecule has 1 aromatic rings. The van der Waals surface area contributed by atoms with Gasteiger partial charge in [0.1, 0.15) is 5.75 Å². The highest BCUT2D eigenvalue weighted by molar-refractivity contribution is 5.75. The molecule has 0 aromatic heterocycles. The third-order valence-electron chi connectivity index (χ3n) is 4.03. The first-order valence-corrected chi connectivity index (χ1v) is 9.36. The number of anilines is 1. The van der Waals surface area contributed by atoms with E-state index in [4.69, 9.17) is 15.2 Å². The van der Waals surface area contributed by atoms with E-state index in [0.717, 1.165) is 12.8 Å². The summed E-state index contributed by atoms with van der Waals surface area (Å²) in [7, 11) is 0. The number of benzene rings is 1. The summed E-state index contributed by atoms with van der Waals surface area (Å²) in [5.74, 6) is 0.374. The van der Waals surface area contributed by atoms with E-state index < -0.39 is 6.10 Å². The van der Waals surface area contributed by atoms with Gasteiger partial charge in [-0.25, -0.2) is 4.79 Å². The van der Waals surface area contributed by atoms with Crippen LogP contribution in [0.25, 0.3) is 0 Å². The van der Waals surface area contributed by atoms with Gasteiger partial charge in [-0.15, -0.1) is 0 Å². The van der Waals surface area contributed by atoms with Crippen LogP contribution in [0.4, 0.5) is 5.69 Å². The van der Waals surface area contributed by atoms with Crippen LogP contribution in [0, 0.1) is 0 Å². The van der Waals surface area contributed by atoms with E-state index in [-0.39, 0.29) is 5.97 Å². The topological polar surface area (TPSA) is 61.5 Å². The first-order valence-electron chi connectivity index (χ1n) is 9.36. The van der Waals surface area contributed by atoms with E-state index >= 15 is 0 Å². The predicted octanol–water partition coefficient (Wildman–Crippen LogP) is 5.11. The van der Waals surface area contributed by atoms with Crippen LogP contribution in [0.2, 0.25) is 0 Å². The molecule has 2 N–H and O–H groups in total. The van der Waals surface area contributed by atoms with Crippen molar-refractivity contribution in [1.29, 1.82) is 0 Å². The van der Waals surface area contributed by atoms with Crippen LogP contribution in [-0.4, -0.2) is 18.7 Å². The van der Waals surface area contributed by atoms with E-state index in [1.54, 1.807) is 24.3 Å². The minimum atomic E-state index is -0.534. The van der Waals surface area contributed by atoms with Gasteiger partial charge in [0.15, 0.2) is 6.10 Å². The zero-order valence-corrected chi connectivity index (χ0v) is 15.3. The van der Waals surface area contributed by atoms with Crippen molar-refractivity contribution in [3.63, 3.8) is 0 Å². The Hall–Kier alpha value is -1.71. The second-order valence-electron chi connectivity index (χ2n) is 6.19. The molecule has 0 aliphatic rings. The fourth-order valence-electron chi connectivity index (χ4n) is 2.63. The SMILES string of the molecule is CCCCCCCCCCC(Oc1ccc(N)cc1)C(=O)OCC. The highest BCUT2D eigenvalue weighted by Crippen LogP contribution is 2.18. The van der Waals surface area contributed by atoms with Crippen molar-refractivity contribution in [2.75, 3.05) is 12.3 Å². The van der Waals surface area contributed by atoms with Crippen LogP contribution in [0.1, 0.15) is 71.6 Å². The number of rotatable bonds is 13. The van der Waals surface area contributed by atoms with E-state index in [9.17, 15) is 4.79 Å². The molecule has 0 heterocycles. The molecule has 0 saturated heterocycles. The van der Waals surface area contributed by atoms with E-state index in [0.29, 0.717) is 24.5 Å². The Labute approximate surface area is 146 Å². The first kappa shape index (κ1) is 20.3. The summed E-state index contributed by atoms with van der Waals surface area (Å²) in [6.45, 7) is 4.42. The number of nitrogens with two attached hydrogens (primary N) is 1. The molecule has 0 fully saturated rings. The molecule has 4 heteroatoms.